The molecule has 1 aromatic carbocycles. The van der Waals surface area contributed by atoms with Crippen molar-refractivity contribution in [3.63, 3.8) is 0 Å². The molecule has 7 atom stereocenters. The molecule has 2 saturated carbocycles. The lowest BCUT2D eigenvalue weighted by Crippen LogP contribution is -2.47. The molecule has 240 valence electrons. The minimum absolute atomic E-state index is 0.00286. The SMILES string of the molecule is C[C@]12CC[C@@H]3c4ccc(O)c(Br)c4CC(CCCCCCCCCS(=O)CCCC(F)(F)C(F)(F)F)[C@H]3[C@@H]1CC[C@@H]2O. The van der Waals surface area contributed by atoms with Crippen LogP contribution in [0.2, 0.25) is 0 Å². The van der Waals surface area contributed by atoms with E-state index in [4.69, 9.17) is 0 Å². The van der Waals surface area contributed by atoms with Gasteiger partial charge in [0.1, 0.15) is 5.75 Å². The number of fused-ring (bicyclic) bond motifs is 5. The molecule has 0 radical (unpaired) electrons. The van der Waals surface area contributed by atoms with Gasteiger partial charge in [-0.3, -0.25) is 4.21 Å². The number of alkyl halides is 5. The van der Waals surface area contributed by atoms with Crippen LogP contribution in [0.25, 0.3) is 0 Å². The van der Waals surface area contributed by atoms with E-state index in [1.807, 2.05) is 6.07 Å². The summed E-state index contributed by atoms with van der Waals surface area (Å²) in [5.41, 5.74) is 2.64. The summed E-state index contributed by atoms with van der Waals surface area (Å²) in [5, 5.41) is 21.3. The van der Waals surface area contributed by atoms with Gasteiger partial charge in [-0.1, -0.05) is 51.5 Å². The van der Waals surface area contributed by atoms with Crippen molar-refractivity contribution < 1.29 is 36.4 Å². The largest absolute Gasteiger partial charge is 0.507 e. The molecule has 1 aromatic rings. The summed E-state index contributed by atoms with van der Waals surface area (Å²) in [5.74, 6) is -2.08. The van der Waals surface area contributed by atoms with Gasteiger partial charge in [-0.2, -0.15) is 22.0 Å². The van der Waals surface area contributed by atoms with Gasteiger partial charge in [-0.25, -0.2) is 0 Å². The van der Waals surface area contributed by atoms with Crippen LogP contribution < -0.4 is 0 Å². The average Bonchev–Trinajstić information content (AvgIpc) is 3.23. The quantitative estimate of drug-likeness (QED) is 0.152. The number of aliphatic hydroxyl groups is 1. The Balaban J connectivity index is 1.18. The second-order valence-electron chi connectivity index (χ2n) is 13.3. The number of hydrogen-bond acceptors (Lipinski definition) is 3. The monoisotopic (exact) mass is 684 g/mol. The van der Waals surface area contributed by atoms with Crippen molar-refractivity contribution in [2.75, 3.05) is 11.5 Å². The van der Waals surface area contributed by atoms with Gasteiger partial charge >= 0.3 is 12.1 Å². The molecule has 3 aliphatic rings. The number of aromatic hydroxyl groups is 1. The molecule has 3 aliphatic carbocycles. The highest BCUT2D eigenvalue weighted by Crippen LogP contribution is 2.63. The summed E-state index contributed by atoms with van der Waals surface area (Å²) in [4.78, 5) is 0. The Morgan fingerprint density at radius 3 is 2.29 bits per heavy atom. The Hall–Kier alpha value is -0.740. The molecular formula is C32H46BrF5O3S. The van der Waals surface area contributed by atoms with Crippen molar-refractivity contribution in [2.45, 2.75) is 127 Å². The van der Waals surface area contributed by atoms with Crippen LogP contribution in [0.1, 0.15) is 114 Å². The normalized spacial score (nSPS) is 30.0. The first kappa shape index (κ1) is 34.1. The minimum atomic E-state index is -5.54. The predicted octanol–water partition coefficient (Wildman–Crippen LogP) is 9.45. The highest BCUT2D eigenvalue weighted by molar-refractivity contribution is 9.10. The van der Waals surface area contributed by atoms with Crippen LogP contribution in [0.4, 0.5) is 22.0 Å². The molecule has 2 unspecified atom stereocenters. The number of rotatable bonds is 14. The maximum Gasteiger partial charge on any atom is 0.453 e. The Labute approximate surface area is 258 Å². The lowest BCUT2D eigenvalue weighted by molar-refractivity contribution is -0.284. The summed E-state index contributed by atoms with van der Waals surface area (Å²) in [7, 11) is -1.36. The summed E-state index contributed by atoms with van der Waals surface area (Å²) < 4.78 is 75.4. The molecule has 0 bridgehead atoms. The van der Waals surface area contributed by atoms with Gasteiger partial charge in [0.25, 0.3) is 0 Å². The summed E-state index contributed by atoms with van der Waals surface area (Å²) in [6.07, 6.45) is 5.76. The third kappa shape index (κ3) is 7.55. The number of benzene rings is 1. The van der Waals surface area contributed by atoms with Gasteiger partial charge < -0.3 is 10.2 Å². The van der Waals surface area contributed by atoms with Crippen LogP contribution in [0, 0.1) is 23.2 Å². The van der Waals surface area contributed by atoms with E-state index < -0.39 is 35.7 Å². The average molecular weight is 686 g/mol. The Morgan fingerprint density at radius 2 is 1.60 bits per heavy atom. The van der Waals surface area contributed by atoms with Gasteiger partial charge in [0.05, 0.1) is 10.6 Å². The van der Waals surface area contributed by atoms with Crippen molar-refractivity contribution in [1.82, 2.24) is 0 Å². The third-order valence-corrected chi connectivity index (χ3v) is 13.0. The molecule has 2 fully saturated rings. The molecule has 3 nitrogen and oxygen atoms in total. The Morgan fingerprint density at radius 1 is 0.952 bits per heavy atom. The summed E-state index contributed by atoms with van der Waals surface area (Å²) in [6, 6.07) is 3.94. The zero-order valence-electron chi connectivity index (χ0n) is 24.5. The Kier molecular flexibility index (Phi) is 11.5. The van der Waals surface area contributed by atoms with Gasteiger partial charge in [0.15, 0.2) is 0 Å². The van der Waals surface area contributed by atoms with Crippen LogP contribution in [0.3, 0.4) is 0 Å². The molecule has 4 rings (SSSR count). The minimum Gasteiger partial charge on any atom is -0.507 e. The standard InChI is InChI=1S/C32H46BrF5O3S/c1-30-17-15-23-22-11-13-26(39)29(33)24(22)20-21(28(23)25(30)12-14-27(30)40)10-7-5-3-2-4-6-8-18-42(41)19-9-16-31(34,35)32(36,37)38/h11,13,21,23,25,27-28,39-40H,2-10,12,14-20H2,1H3/t21?,23-,25+,27+,28-,30+,42?/m1/s1. The van der Waals surface area contributed by atoms with E-state index in [1.54, 1.807) is 0 Å². The second-order valence-corrected chi connectivity index (χ2v) is 15.8. The van der Waals surface area contributed by atoms with E-state index in [1.165, 1.54) is 11.1 Å². The molecule has 10 heteroatoms. The first-order chi connectivity index (χ1) is 19.8. The van der Waals surface area contributed by atoms with E-state index in [2.05, 4.69) is 28.9 Å². The number of phenols is 1. The molecule has 42 heavy (non-hydrogen) atoms. The zero-order chi connectivity index (χ0) is 30.7. The smallest absolute Gasteiger partial charge is 0.453 e. The maximum atomic E-state index is 13.0. The number of hydrogen-bond donors (Lipinski definition) is 2. The van der Waals surface area contributed by atoms with Crippen molar-refractivity contribution in [1.29, 1.82) is 0 Å². The van der Waals surface area contributed by atoms with Crippen LogP contribution in [0.15, 0.2) is 16.6 Å². The molecule has 0 saturated heterocycles. The fraction of sp³-hybridized carbons (Fsp3) is 0.812. The molecule has 0 aliphatic heterocycles. The van der Waals surface area contributed by atoms with Crippen LogP contribution in [0.5, 0.6) is 5.75 Å². The first-order valence-corrected chi connectivity index (χ1v) is 18.0. The molecule has 0 aromatic heterocycles. The van der Waals surface area contributed by atoms with E-state index >= 15 is 0 Å². The number of phenolic OH excluding ortho intramolecular Hbond substituents is 1. The summed E-state index contributed by atoms with van der Waals surface area (Å²) in [6.45, 7) is 2.30. The summed E-state index contributed by atoms with van der Waals surface area (Å²) >= 11 is 3.67. The van der Waals surface area contributed by atoms with Gasteiger partial charge in [-0.15, -0.1) is 0 Å². The third-order valence-electron chi connectivity index (χ3n) is 10.7. The topological polar surface area (TPSA) is 57.5 Å². The van der Waals surface area contributed by atoms with E-state index in [0.717, 1.165) is 81.5 Å². The van der Waals surface area contributed by atoms with Gasteiger partial charge in [-0.05, 0) is 114 Å². The number of halogens is 6. The molecule has 0 spiro atoms. The zero-order valence-corrected chi connectivity index (χ0v) is 26.9. The number of aliphatic hydroxyl groups excluding tert-OH is 1. The lowest BCUT2D eigenvalue weighted by atomic mass is 9.52. The first-order valence-electron chi connectivity index (χ1n) is 15.7. The Bertz CT molecular complexity index is 1080. The van der Waals surface area contributed by atoms with Crippen LogP contribution >= 0.6 is 15.9 Å². The van der Waals surface area contributed by atoms with Crippen molar-refractivity contribution in [3.8, 4) is 5.75 Å². The van der Waals surface area contributed by atoms with E-state index in [9.17, 15) is 36.4 Å². The van der Waals surface area contributed by atoms with Gasteiger partial charge in [0.2, 0.25) is 0 Å². The fourth-order valence-electron chi connectivity index (χ4n) is 8.31. The lowest BCUT2D eigenvalue weighted by Gasteiger charge is -2.53. The predicted molar refractivity (Wildman–Crippen MR) is 160 cm³/mol. The van der Waals surface area contributed by atoms with Crippen LogP contribution in [-0.4, -0.2) is 44.1 Å². The highest BCUT2D eigenvalue weighted by Gasteiger charge is 2.57. The fourth-order valence-corrected chi connectivity index (χ4v) is 10.0. The molecular weight excluding hydrogens is 639 g/mol. The van der Waals surface area contributed by atoms with Crippen molar-refractivity contribution >= 4 is 26.7 Å². The maximum absolute atomic E-state index is 13.0. The molecule has 0 heterocycles. The van der Waals surface area contributed by atoms with Crippen LogP contribution in [-0.2, 0) is 17.2 Å². The van der Waals surface area contributed by atoms with Crippen molar-refractivity contribution in [3.05, 3.63) is 27.7 Å². The highest BCUT2D eigenvalue weighted by atomic mass is 79.9. The van der Waals surface area contributed by atoms with E-state index in [0.29, 0.717) is 41.6 Å². The molecule has 0 amide bonds. The van der Waals surface area contributed by atoms with Gasteiger partial charge in [0, 0.05) is 28.7 Å². The van der Waals surface area contributed by atoms with E-state index in [-0.39, 0.29) is 17.3 Å². The number of unbranched alkanes of at least 4 members (excludes halogenated alkanes) is 6. The van der Waals surface area contributed by atoms with Crippen molar-refractivity contribution in [2.24, 2.45) is 23.2 Å². The molecule has 2 N–H and O–H groups in total. The second kappa shape index (κ2) is 14.1.